The van der Waals surface area contributed by atoms with Gasteiger partial charge in [-0.25, -0.2) is 0 Å². The van der Waals surface area contributed by atoms with Gasteiger partial charge in [0.05, 0.1) is 0 Å². The molecular weight excluding hydrogens is 352 g/mol. The van der Waals surface area contributed by atoms with Gasteiger partial charge < -0.3 is 14.5 Å². The number of benzene rings is 1. The maximum absolute atomic E-state index is 12.5. The van der Waals surface area contributed by atoms with Gasteiger partial charge in [-0.15, -0.1) is 0 Å². The van der Waals surface area contributed by atoms with Gasteiger partial charge in [-0.2, -0.15) is 0 Å². The van der Waals surface area contributed by atoms with Crippen molar-refractivity contribution in [3.05, 3.63) is 29.3 Å². The number of carbonyl (C=O) groups excluding carboxylic acids is 2. The molecule has 2 fully saturated rings. The van der Waals surface area contributed by atoms with Crippen molar-refractivity contribution < 1.29 is 14.3 Å². The first kappa shape index (κ1) is 20.7. The van der Waals surface area contributed by atoms with Crippen LogP contribution >= 0.6 is 0 Å². The van der Waals surface area contributed by atoms with Crippen LogP contribution in [0.5, 0.6) is 5.75 Å². The largest absolute Gasteiger partial charge is 0.484 e. The number of hydrogen-bond donors (Lipinski definition) is 0. The van der Waals surface area contributed by atoms with Crippen LogP contribution in [-0.4, -0.2) is 54.4 Å². The molecule has 1 aromatic carbocycles. The van der Waals surface area contributed by atoms with Crippen molar-refractivity contribution in [3.8, 4) is 5.75 Å². The molecule has 0 N–H and O–H groups in total. The molecular formula is C23H34N2O3. The Balaban J connectivity index is 1.37. The van der Waals surface area contributed by atoms with Gasteiger partial charge in [0.2, 0.25) is 5.91 Å². The van der Waals surface area contributed by atoms with Gasteiger partial charge in [-0.3, -0.25) is 9.59 Å². The smallest absolute Gasteiger partial charge is 0.260 e. The van der Waals surface area contributed by atoms with Crippen LogP contribution in [0.1, 0.15) is 56.1 Å². The third-order valence-electron chi connectivity index (χ3n) is 6.32. The maximum Gasteiger partial charge on any atom is 0.260 e. The summed E-state index contributed by atoms with van der Waals surface area (Å²) in [7, 11) is 0. The molecule has 2 aliphatic rings. The van der Waals surface area contributed by atoms with Crippen molar-refractivity contribution >= 4 is 11.8 Å². The number of nitrogens with zero attached hydrogens (tertiary/aromatic N) is 2. The Bertz CT molecular complexity index is 674. The Kier molecular flexibility index (Phi) is 7.35. The molecule has 0 radical (unpaired) electrons. The van der Waals surface area contributed by atoms with Crippen molar-refractivity contribution in [2.75, 3.05) is 32.8 Å². The summed E-state index contributed by atoms with van der Waals surface area (Å²) in [6, 6.07) is 5.87. The van der Waals surface area contributed by atoms with Gasteiger partial charge >= 0.3 is 0 Å². The highest BCUT2D eigenvalue weighted by atomic mass is 16.5. The summed E-state index contributed by atoms with van der Waals surface area (Å²) in [4.78, 5) is 28.7. The number of piperazine rings is 1. The topological polar surface area (TPSA) is 49.9 Å². The van der Waals surface area contributed by atoms with Crippen LogP contribution in [0.4, 0.5) is 0 Å². The summed E-state index contributed by atoms with van der Waals surface area (Å²) in [6.45, 7) is 6.62. The van der Waals surface area contributed by atoms with Gasteiger partial charge in [0, 0.05) is 32.6 Å². The van der Waals surface area contributed by atoms with Crippen LogP contribution in [0.3, 0.4) is 0 Å². The van der Waals surface area contributed by atoms with E-state index in [1.165, 1.54) is 37.7 Å². The maximum atomic E-state index is 12.5. The second-order valence-corrected chi connectivity index (χ2v) is 8.34. The third-order valence-corrected chi connectivity index (χ3v) is 6.32. The Hall–Kier alpha value is -2.04. The first-order valence-electron chi connectivity index (χ1n) is 10.8. The van der Waals surface area contributed by atoms with E-state index in [1.54, 1.807) is 0 Å². The van der Waals surface area contributed by atoms with E-state index in [9.17, 15) is 9.59 Å². The average Bonchev–Trinajstić information content (AvgIpc) is 2.73. The number of hydrogen-bond acceptors (Lipinski definition) is 3. The number of aryl methyl sites for hydroxylation is 2. The van der Waals surface area contributed by atoms with E-state index in [2.05, 4.69) is 6.92 Å². The van der Waals surface area contributed by atoms with Crippen LogP contribution in [0.2, 0.25) is 0 Å². The summed E-state index contributed by atoms with van der Waals surface area (Å²) < 4.78 is 5.67. The summed E-state index contributed by atoms with van der Waals surface area (Å²) in [5, 5.41) is 0. The Labute approximate surface area is 169 Å². The van der Waals surface area contributed by atoms with Crippen molar-refractivity contribution in [2.24, 2.45) is 5.92 Å². The van der Waals surface area contributed by atoms with Gasteiger partial charge in [-0.05, 0) is 49.4 Å². The number of carbonyl (C=O) groups is 2. The second kappa shape index (κ2) is 9.94. The molecule has 1 saturated carbocycles. The fraction of sp³-hybridized carbons (Fsp3) is 0.652. The molecule has 154 valence electrons. The molecule has 1 aliphatic carbocycles. The molecule has 0 spiro atoms. The summed E-state index contributed by atoms with van der Waals surface area (Å²) in [5.74, 6) is 1.72. The lowest BCUT2D eigenvalue weighted by Crippen LogP contribution is -2.51. The minimum Gasteiger partial charge on any atom is -0.484 e. The highest BCUT2D eigenvalue weighted by molar-refractivity contribution is 5.79. The molecule has 5 nitrogen and oxygen atoms in total. The zero-order chi connectivity index (χ0) is 19.9. The first-order valence-corrected chi connectivity index (χ1v) is 10.8. The van der Waals surface area contributed by atoms with E-state index in [-0.39, 0.29) is 18.4 Å². The molecule has 2 amide bonds. The summed E-state index contributed by atoms with van der Waals surface area (Å²) in [6.07, 6.45) is 8.27. The predicted octanol–water partition coefficient (Wildman–Crippen LogP) is 3.71. The third kappa shape index (κ3) is 5.73. The molecule has 0 bridgehead atoms. The van der Waals surface area contributed by atoms with Crippen LogP contribution in [-0.2, 0) is 9.59 Å². The van der Waals surface area contributed by atoms with Gasteiger partial charge in [0.25, 0.3) is 5.91 Å². The highest BCUT2D eigenvalue weighted by Crippen LogP contribution is 2.27. The lowest BCUT2D eigenvalue weighted by Gasteiger charge is -2.35. The molecule has 1 heterocycles. The fourth-order valence-corrected chi connectivity index (χ4v) is 4.21. The predicted molar refractivity (Wildman–Crippen MR) is 110 cm³/mol. The molecule has 1 aliphatic heterocycles. The standard InChI is InChI=1S/C23H34N2O3/c1-18-8-10-21(16-19(18)2)28-17-23(27)25-14-12-24(13-15-25)22(26)11-9-20-6-4-3-5-7-20/h8,10,16,20H,3-7,9,11-15,17H2,1-2H3. The van der Waals surface area contributed by atoms with Crippen LogP contribution in [0.15, 0.2) is 18.2 Å². The van der Waals surface area contributed by atoms with Gasteiger partial charge in [0.1, 0.15) is 5.75 Å². The molecule has 3 rings (SSSR count). The SMILES string of the molecule is Cc1ccc(OCC(=O)N2CCN(C(=O)CCC3CCCCC3)CC2)cc1C. The van der Waals surface area contributed by atoms with Crippen molar-refractivity contribution in [3.63, 3.8) is 0 Å². The molecule has 1 aromatic rings. The number of amides is 2. The molecule has 0 unspecified atom stereocenters. The summed E-state index contributed by atoms with van der Waals surface area (Å²) in [5.41, 5.74) is 2.37. The lowest BCUT2D eigenvalue weighted by atomic mass is 9.86. The van der Waals surface area contributed by atoms with E-state index in [4.69, 9.17) is 4.74 Å². The van der Waals surface area contributed by atoms with Crippen LogP contribution < -0.4 is 4.74 Å². The van der Waals surface area contributed by atoms with Crippen molar-refractivity contribution in [2.45, 2.75) is 58.8 Å². The minimum atomic E-state index is -0.00691. The minimum absolute atomic E-state index is 0.00691. The Morgan fingerprint density at radius 1 is 0.929 bits per heavy atom. The van der Waals surface area contributed by atoms with Crippen molar-refractivity contribution in [1.82, 2.24) is 9.80 Å². The fourth-order valence-electron chi connectivity index (χ4n) is 4.21. The van der Waals surface area contributed by atoms with E-state index in [1.807, 2.05) is 34.9 Å². The first-order chi connectivity index (χ1) is 13.5. The number of ether oxygens (including phenoxy) is 1. The Morgan fingerprint density at radius 3 is 2.21 bits per heavy atom. The quantitative estimate of drug-likeness (QED) is 0.749. The zero-order valence-electron chi connectivity index (χ0n) is 17.4. The van der Waals surface area contributed by atoms with E-state index < -0.39 is 0 Å². The second-order valence-electron chi connectivity index (χ2n) is 8.34. The molecule has 1 saturated heterocycles. The normalized spacial score (nSPS) is 18.2. The monoisotopic (exact) mass is 386 g/mol. The summed E-state index contributed by atoms with van der Waals surface area (Å²) >= 11 is 0. The van der Waals surface area contributed by atoms with Crippen LogP contribution in [0.25, 0.3) is 0 Å². The molecule has 0 aromatic heterocycles. The lowest BCUT2D eigenvalue weighted by molar-refractivity contribution is -0.140. The number of rotatable bonds is 6. The molecule has 28 heavy (non-hydrogen) atoms. The Morgan fingerprint density at radius 2 is 1.57 bits per heavy atom. The average molecular weight is 387 g/mol. The molecule has 5 heteroatoms. The van der Waals surface area contributed by atoms with E-state index in [0.29, 0.717) is 32.6 Å². The van der Waals surface area contributed by atoms with Gasteiger partial charge in [0.15, 0.2) is 6.61 Å². The zero-order valence-corrected chi connectivity index (χ0v) is 17.4. The van der Waals surface area contributed by atoms with Crippen LogP contribution in [0, 0.1) is 19.8 Å². The van der Waals surface area contributed by atoms with Gasteiger partial charge in [-0.1, -0.05) is 38.2 Å². The van der Waals surface area contributed by atoms with E-state index in [0.717, 1.165) is 23.7 Å². The molecule has 0 atom stereocenters. The van der Waals surface area contributed by atoms with Crippen molar-refractivity contribution in [1.29, 1.82) is 0 Å². The van der Waals surface area contributed by atoms with E-state index >= 15 is 0 Å². The highest BCUT2D eigenvalue weighted by Gasteiger charge is 2.25.